The maximum absolute atomic E-state index is 5.69. The molecule has 0 fully saturated rings. The molecule has 1 aromatic carbocycles. The Kier molecular flexibility index (Phi) is 9.14. The summed E-state index contributed by atoms with van der Waals surface area (Å²) < 4.78 is 5.69. The number of ether oxygens (including phenoxy) is 1. The number of unbranched alkanes of at least 4 members (excludes halogenated alkanes) is 5. The summed E-state index contributed by atoms with van der Waals surface area (Å²) in [7, 11) is 0. The van der Waals surface area contributed by atoms with E-state index < -0.39 is 0 Å². The summed E-state index contributed by atoms with van der Waals surface area (Å²) in [6.45, 7) is 8.33. The highest BCUT2D eigenvalue weighted by Crippen LogP contribution is 2.24. The molecular formula is C18H31NO. The molecule has 1 rings (SSSR count). The standard InChI is InChI=1S/C18H31NO/c1-4-6-7-8-9-12-15-19-16(3)17-13-10-11-14-18(17)20-5-2/h10-11,13-14,16,19H,4-9,12,15H2,1-3H3. The van der Waals surface area contributed by atoms with Crippen molar-refractivity contribution < 1.29 is 4.74 Å². The van der Waals surface area contributed by atoms with Crippen LogP contribution in [0.4, 0.5) is 0 Å². The molecular weight excluding hydrogens is 246 g/mol. The van der Waals surface area contributed by atoms with Gasteiger partial charge in [-0.25, -0.2) is 0 Å². The second-order valence-electron chi connectivity index (χ2n) is 5.41. The van der Waals surface area contributed by atoms with Gasteiger partial charge in [-0.3, -0.25) is 0 Å². The highest BCUT2D eigenvalue weighted by atomic mass is 16.5. The van der Waals surface area contributed by atoms with Gasteiger partial charge in [-0.05, 0) is 32.9 Å². The van der Waals surface area contributed by atoms with Crippen molar-refractivity contribution in [1.82, 2.24) is 5.32 Å². The minimum atomic E-state index is 0.355. The first-order valence-electron chi connectivity index (χ1n) is 8.24. The first-order chi connectivity index (χ1) is 9.79. The van der Waals surface area contributed by atoms with Crippen LogP contribution in [0.15, 0.2) is 24.3 Å². The summed E-state index contributed by atoms with van der Waals surface area (Å²) in [6.07, 6.45) is 8.07. The zero-order chi connectivity index (χ0) is 14.6. The van der Waals surface area contributed by atoms with Crippen molar-refractivity contribution in [2.45, 2.75) is 65.3 Å². The molecule has 2 heteroatoms. The van der Waals surface area contributed by atoms with E-state index in [1.807, 2.05) is 13.0 Å². The second kappa shape index (κ2) is 10.7. The van der Waals surface area contributed by atoms with Crippen LogP contribution in [-0.2, 0) is 0 Å². The molecule has 1 aromatic rings. The lowest BCUT2D eigenvalue weighted by molar-refractivity contribution is 0.332. The van der Waals surface area contributed by atoms with E-state index in [-0.39, 0.29) is 0 Å². The zero-order valence-electron chi connectivity index (χ0n) is 13.5. The van der Waals surface area contributed by atoms with E-state index in [4.69, 9.17) is 4.74 Å². The van der Waals surface area contributed by atoms with E-state index in [2.05, 4.69) is 37.4 Å². The molecule has 0 saturated heterocycles. The highest BCUT2D eigenvalue weighted by molar-refractivity contribution is 5.35. The normalized spacial score (nSPS) is 12.3. The smallest absolute Gasteiger partial charge is 0.124 e. The lowest BCUT2D eigenvalue weighted by Gasteiger charge is -2.18. The fraction of sp³-hybridized carbons (Fsp3) is 0.667. The van der Waals surface area contributed by atoms with Crippen LogP contribution in [0.1, 0.15) is 70.9 Å². The van der Waals surface area contributed by atoms with E-state index in [0.29, 0.717) is 6.04 Å². The molecule has 0 amide bonds. The number of nitrogens with one attached hydrogen (secondary N) is 1. The molecule has 0 aliphatic rings. The lowest BCUT2D eigenvalue weighted by Crippen LogP contribution is -2.20. The van der Waals surface area contributed by atoms with E-state index >= 15 is 0 Å². The quantitative estimate of drug-likeness (QED) is 0.568. The van der Waals surface area contributed by atoms with Crippen LogP contribution in [-0.4, -0.2) is 13.2 Å². The van der Waals surface area contributed by atoms with E-state index in [0.717, 1.165) is 18.9 Å². The molecule has 0 aliphatic carbocycles. The predicted molar refractivity (Wildman–Crippen MR) is 87.4 cm³/mol. The Morgan fingerprint density at radius 2 is 1.70 bits per heavy atom. The third-order valence-electron chi connectivity index (χ3n) is 3.67. The molecule has 114 valence electrons. The first kappa shape index (κ1) is 17.0. The van der Waals surface area contributed by atoms with Crippen molar-refractivity contribution in [3.05, 3.63) is 29.8 Å². The van der Waals surface area contributed by atoms with Gasteiger partial charge in [0, 0.05) is 11.6 Å². The second-order valence-corrected chi connectivity index (χ2v) is 5.41. The first-order valence-corrected chi connectivity index (χ1v) is 8.24. The molecule has 1 unspecified atom stereocenters. The van der Waals surface area contributed by atoms with Gasteiger partial charge in [0.15, 0.2) is 0 Å². The average Bonchev–Trinajstić information content (AvgIpc) is 2.47. The lowest BCUT2D eigenvalue weighted by atomic mass is 10.1. The van der Waals surface area contributed by atoms with E-state index in [1.54, 1.807) is 0 Å². The Morgan fingerprint density at radius 3 is 2.45 bits per heavy atom. The molecule has 0 bridgehead atoms. The highest BCUT2D eigenvalue weighted by Gasteiger charge is 2.09. The number of hydrogen-bond acceptors (Lipinski definition) is 2. The molecule has 0 heterocycles. The maximum atomic E-state index is 5.69. The Bertz CT molecular complexity index is 351. The van der Waals surface area contributed by atoms with Gasteiger partial charge < -0.3 is 10.1 Å². The van der Waals surface area contributed by atoms with Gasteiger partial charge in [-0.2, -0.15) is 0 Å². The van der Waals surface area contributed by atoms with Gasteiger partial charge in [0.2, 0.25) is 0 Å². The number of hydrogen-bond donors (Lipinski definition) is 1. The Labute approximate surface area is 124 Å². The molecule has 0 spiro atoms. The molecule has 20 heavy (non-hydrogen) atoms. The van der Waals surface area contributed by atoms with Gasteiger partial charge in [-0.15, -0.1) is 0 Å². The van der Waals surface area contributed by atoms with E-state index in [9.17, 15) is 0 Å². The van der Waals surface area contributed by atoms with Crippen molar-refractivity contribution in [3.63, 3.8) is 0 Å². The van der Waals surface area contributed by atoms with Crippen LogP contribution in [0.5, 0.6) is 5.75 Å². The van der Waals surface area contributed by atoms with Crippen molar-refractivity contribution in [1.29, 1.82) is 0 Å². The largest absolute Gasteiger partial charge is 0.494 e. The molecule has 0 radical (unpaired) electrons. The monoisotopic (exact) mass is 277 g/mol. The number of para-hydroxylation sites is 1. The van der Waals surface area contributed by atoms with Crippen LogP contribution in [0, 0.1) is 0 Å². The van der Waals surface area contributed by atoms with Crippen LogP contribution in [0.2, 0.25) is 0 Å². The van der Waals surface area contributed by atoms with Crippen LogP contribution >= 0.6 is 0 Å². The van der Waals surface area contributed by atoms with Crippen molar-refractivity contribution in [2.24, 2.45) is 0 Å². The summed E-state index contributed by atoms with van der Waals surface area (Å²) >= 11 is 0. The predicted octanol–water partition coefficient (Wildman–Crippen LogP) is 5.10. The summed E-state index contributed by atoms with van der Waals surface area (Å²) in [5.41, 5.74) is 1.26. The fourth-order valence-corrected chi connectivity index (χ4v) is 2.46. The van der Waals surface area contributed by atoms with Gasteiger partial charge in [0.1, 0.15) is 5.75 Å². The third kappa shape index (κ3) is 6.42. The minimum Gasteiger partial charge on any atom is -0.494 e. The summed E-state index contributed by atoms with van der Waals surface area (Å²) in [4.78, 5) is 0. The van der Waals surface area contributed by atoms with Gasteiger partial charge in [0.25, 0.3) is 0 Å². The van der Waals surface area contributed by atoms with Crippen molar-refractivity contribution in [3.8, 4) is 5.75 Å². The van der Waals surface area contributed by atoms with Crippen LogP contribution < -0.4 is 10.1 Å². The Balaban J connectivity index is 2.27. The van der Waals surface area contributed by atoms with Crippen molar-refractivity contribution in [2.75, 3.05) is 13.2 Å². The molecule has 2 nitrogen and oxygen atoms in total. The molecule has 1 N–H and O–H groups in total. The SMILES string of the molecule is CCCCCCCCNC(C)c1ccccc1OCC. The fourth-order valence-electron chi connectivity index (χ4n) is 2.46. The van der Waals surface area contributed by atoms with Crippen molar-refractivity contribution >= 4 is 0 Å². The Hall–Kier alpha value is -1.02. The minimum absolute atomic E-state index is 0.355. The summed E-state index contributed by atoms with van der Waals surface area (Å²) in [5, 5.41) is 3.61. The van der Waals surface area contributed by atoms with Crippen LogP contribution in [0.3, 0.4) is 0 Å². The molecule has 0 aliphatic heterocycles. The molecule has 0 saturated carbocycles. The number of benzene rings is 1. The van der Waals surface area contributed by atoms with Gasteiger partial charge in [0.05, 0.1) is 6.61 Å². The topological polar surface area (TPSA) is 21.3 Å². The summed E-state index contributed by atoms with van der Waals surface area (Å²) in [6, 6.07) is 8.69. The Morgan fingerprint density at radius 1 is 1.00 bits per heavy atom. The zero-order valence-corrected chi connectivity index (χ0v) is 13.5. The number of rotatable bonds is 11. The third-order valence-corrected chi connectivity index (χ3v) is 3.67. The average molecular weight is 277 g/mol. The van der Waals surface area contributed by atoms with Crippen LogP contribution in [0.25, 0.3) is 0 Å². The maximum Gasteiger partial charge on any atom is 0.124 e. The van der Waals surface area contributed by atoms with E-state index in [1.165, 1.54) is 44.1 Å². The molecule has 0 aromatic heterocycles. The van der Waals surface area contributed by atoms with Gasteiger partial charge in [-0.1, -0.05) is 57.2 Å². The molecule has 1 atom stereocenters. The van der Waals surface area contributed by atoms with Gasteiger partial charge >= 0.3 is 0 Å². The summed E-state index contributed by atoms with van der Waals surface area (Å²) in [5.74, 6) is 1.01.